The highest BCUT2D eigenvalue weighted by molar-refractivity contribution is 14.1. The first-order chi connectivity index (χ1) is 10.3. The molecule has 0 unspecified atom stereocenters. The standard InChI is InChI=1S/C16H13F3INO/c1-10-8-13(20)6-7-14(10)21-15(22)9-11-2-4-12(5-3-11)16(17,18)19/h2-8H,9H2,1H3,(H,21,22). The fourth-order valence-electron chi connectivity index (χ4n) is 1.96. The number of amides is 1. The SMILES string of the molecule is Cc1cc(I)ccc1NC(=O)Cc1ccc(C(F)(F)F)cc1. The second-order valence-corrected chi connectivity index (χ2v) is 6.12. The number of halogens is 4. The van der Waals surface area contributed by atoms with Crippen LogP contribution in [0.5, 0.6) is 0 Å². The number of aryl methyl sites for hydroxylation is 1. The Morgan fingerprint density at radius 3 is 2.32 bits per heavy atom. The Balaban J connectivity index is 2.03. The van der Waals surface area contributed by atoms with E-state index in [2.05, 4.69) is 27.9 Å². The van der Waals surface area contributed by atoms with Gasteiger partial charge in [-0.1, -0.05) is 12.1 Å². The maximum atomic E-state index is 12.5. The summed E-state index contributed by atoms with van der Waals surface area (Å²) in [5.41, 5.74) is 1.46. The largest absolute Gasteiger partial charge is 0.416 e. The molecule has 2 aromatic carbocycles. The predicted molar refractivity (Wildman–Crippen MR) is 87.7 cm³/mol. The zero-order chi connectivity index (χ0) is 16.3. The van der Waals surface area contributed by atoms with Gasteiger partial charge in [-0.05, 0) is 71.0 Å². The number of alkyl halides is 3. The number of carbonyl (C=O) groups excluding carboxylic acids is 1. The highest BCUT2D eigenvalue weighted by Gasteiger charge is 2.29. The smallest absolute Gasteiger partial charge is 0.326 e. The maximum Gasteiger partial charge on any atom is 0.416 e. The molecular weight excluding hydrogens is 406 g/mol. The van der Waals surface area contributed by atoms with Gasteiger partial charge >= 0.3 is 6.18 Å². The minimum Gasteiger partial charge on any atom is -0.326 e. The van der Waals surface area contributed by atoms with E-state index in [1.165, 1.54) is 12.1 Å². The van der Waals surface area contributed by atoms with Gasteiger partial charge in [0.05, 0.1) is 12.0 Å². The summed E-state index contributed by atoms with van der Waals surface area (Å²) in [4.78, 5) is 12.0. The van der Waals surface area contributed by atoms with Crippen LogP contribution >= 0.6 is 22.6 Å². The van der Waals surface area contributed by atoms with E-state index in [0.717, 1.165) is 21.3 Å². The minimum atomic E-state index is -4.36. The van der Waals surface area contributed by atoms with Crippen LogP contribution in [0.1, 0.15) is 16.7 Å². The van der Waals surface area contributed by atoms with E-state index in [4.69, 9.17) is 0 Å². The molecule has 0 heterocycles. The van der Waals surface area contributed by atoms with E-state index in [9.17, 15) is 18.0 Å². The average molecular weight is 419 g/mol. The Kier molecular flexibility index (Phi) is 5.10. The molecule has 0 atom stereocenters. The van der Waals surface area contributed by atoms with Crippen molar-refractivity contribution in [3.63, 3.8) is 0 Å². The molecule has 0 saturated carbocycles. The van der Waals surface area contributed by atoms with Crippen LogP contribution in [-0.4, -0.2) is 5.91 Å². The summed E-state index contributed by atoms with van der Waals surface area (Å²) < 4.78 is 38.5. The lowest BCUT2D eigenvalue weighted by molar-refractivity contribution is -0.137. The number of hydrogen-bond donors (Lipinski definition) is 1. The number of carbonyl (C=O) groups is 1. The summed E-state index contributed by atoms with van der Waals surface area (Å²) in [5.74, 6) is -0.260. The minimum absolute atomic E-state index is 0.0313. The van der Waals surface area contributed by atoms with Crippen LogP contribution in [-0.2, 0) is 17.4 Å². The van der Waals surface area contributed by atoms with Gasteiger partial charge in [0.25, 0.3) is 0 Å². The Labute approximate surface area is 139 Å². The van der Waals surface area contributed by atoms with Gasteiger partial charge in [0.2, 0.25) is 5.91 Å². The lowest BCUT2D eigenvalue weighted by Gasteiger charge is -2.10. The normalized spacial score (nSPS) is 11.3. The summed E-state index contributed by atoms with van der Waals surface area (Å²) in [6.07, 6.45) is -4.33. The van der Waals surface area contributed by atoms with E-state index < -0.39 is 11.7 Å². The molecule has 1 amide bonds. The van der Waals surface area contributed by atoms with E-state index in [0.29, 0.717) is 11.3 Å². The molecule has 116 valence electrons. The van der Waals surface area contributed by atoms with E-state index in [-0.39, 0.29) is 12.3 Å². The summed E-state index contributed by atoms with van der Waals surface area (Å²) in [6, 6.07) is 10.2. The quantitative estimate of drug-likeness (QED) is 0.712. The van der Waals surface area contributed by atoms with Crippen LogP contribution in [0.2, 0.25) is 0 Å². The second kappa shape index (κ2) is 6.68. The van der Waals surface area contributed by atoms with Gasteiger partial charge in [0, 0.05) is 9.26 Å². The molecule has 0 bridgehead atoms. The van der Waals surface area contributed by atoms with E-state index >= 15 is 0 Å². The zero-order valence-corrected chi connectivity index (χ0v) is 13.8. The molecule has 0 aromatic heterocycles. The number of benzene rings is 2. The van der Waals surface area contributed by atoms with E-state index in [1.54, 1.807) is 0 Å². The summed E-state index contributed by atoms with van der Waals surface area (Å²) in [6.45, 7) is 1.88. The molecule has 0 aliphatic carbocycles. The Hall–Kier alpha value is -1.57. The molecule has 0 aliphatic rings. The number of anilines is 1. The van der Waals surface area contributed by atoms with Crippen LogP contribution in [0.15, 0.2) is 42.5 Å². The number of hydrogen-bond acceptors (Lipinski definition) is 1. The van der Waals surface area contributed by atoms with E-state index in [1.807, 2.05) is 25.1 Å². The first kappa shape index (κ1) is 16.8. The van der Waals surface area contributed by atoms with Crippen LogP contribution in [0.4, 0.5) is 18.9 Å². The number of nitrogens with one attached hydrogen (secondary N) is 1. The number of rotatable bonds is 3. The van der Waals surface area contributed by atoms with Crippen molar-refractivity contribution in [2.45, 2.75) is 19.5 Å². The highest BCUT2D eigenvalue weighted by atomic mass is 127. The molecule has 0 fully saturated rings. The molecule has 0 radical (unpaired) electrons. The van der Waals surface area contributed by atoms with Crippen LogP contribution in [0, 0.1) is 10.5 Å². The second-order valence-electron chi connectivity index (χ2n) is 4.88. The third-order valence-electron chi connectivity index (χ3n) is 3.11. The molecule has 1 N–H and O–H groups in total. The molecule has 0 aliphatic heterocycles. The first-order valence-electron chi connectivity index (χ1n) is 6.48. The molecule has 0 spiro atoms. The summed E-state index contributed by atoms with van der Waals surface area (Å²) >= 11 is 2.18. The van der Waals surface area contributed by atoms with Gasteiger partial charge in [-0.25, -0.2) is 0 Å². The molecular formula is C16H13F3INO. The lowest BCUT2D eigenvalue weighted by Crippen LogP contribution is -2.15. The Morgan fingerprint density at radius 2 is 1.77 bits per heavy atom. The van der Waals surface area contributed by atoms with Gasteiger partial charge in [-0.2, -0.15) is 13.2 Å². The van der Waals surface area contributed by atoms with Gasteiger partial charge in [-0.3, -0.25) is 4.79 Å². The van der Waals surface area contributed by atoms with Crippen molar-refractivity contribution < 1.29 is 18.0 Å². The van der Waals surface area contributed by atoms with Crippen molar-refractivity contribution in [3.05, 3.63) is 62.7 Å². The van der Waals surface area contributed by atoms with Gasteiger partial charge in [0.15, 0.2) is 0 Å². The molecule has 0 saturated heterocycles. The van der Waals surface area contributed by atoms with Crippen molar-refractivity contribution in [2.75, 3.05) is 5.32 Å². The van der Waals surface area contributed by atoms with Crippen molar-refractivity contribution in [3.8, 4) is 0 Å². The topological polar surface area (TPSA) is 29.1 Å². The third kappa shape index (κ3) is 4.46. The van der Waals surface area contributed by atoms with Crippen LogP contribution in [0.3, 0.4) is 0 Å². The average Bonchev–Trinajstić information content (AvgIpc) is 2.41. The van der Waals surface area contributed by atoms with Crippen molar-refractivity contribution in [2.24, 2.45) is 0 Å². The van der Waals surface area contributed by atoms with Crippen molar-refractivity contribution in [1.29, 1.82) is 0 Å². The highest BCUT2D eigenvalue weighted by Crippen LogP contribution is 2.29. The van der Waals surface area contributed by atoms with Crippen LogP contribution in [0.25, 0.3) is 0 Å². The zero-order valence-electron chi connectivity index (χ0n) is 11.7. The van der Waals surface area contributed by atoms with Crippen molar-refractivity contribution in [1.82, 2.24) is 0 Å². The van der Waals surface area contributed by atoms with Crippen LogP contribution < -0.4 is 5.32 Å². The van der Waals surface area contributed by atoms with Gasteiger partial charge in [-0.15, -0.1) is 0 Å². The molecule has 2 nitrogen and oxygen atoms in total. The third-order valence-corrected chi connectivity index (χ3v) is 3.78. The Morgan fingerprint density at radius 1 is 1.14 bits per heavy atom. The lowest BCUT2D eigenvalue weighted by atomic mass is 10.1. The fraction of sp³-hybridized carbons (Fsp3) is 0.188. The molecule has 6 heteroatoms. The first-order valence-corrected chi connectivity index (χ1v) is 7.56. The summed E-state index contributed by atoms with van der Waals surface area (Å²) in [5, 5.41) is 2.77. The van der Waals surface area contributed by atoms with Crippen molar-refractivity contribution >= 4 is 34.2 Å². The molecule has 2 aromatic rings. The predicted octanol–water partition coefficient (Wildman–Crippen LogP) is 4.80. The fourth-order valence-corrected chi connectivity index (χ4v) is 2.61. The maximum absolute atomic E-state index is 12.5. The summed E-state index contributed by atoms with van der Waals surface area (Å²) in [7, 11) is 0. The molecule has 22 heavy (non-hydrogen) atoms. The van der Waals surface area contributed by atoms with Gasteiger partial charge in [0.1, 0.15) is 0 Å². The monoisotopic (exact) mass is 419 g/mol. The van der Waals surface area contributed by atoms with Gasteiger partial charge < -0.3 is 5.32 Å². The Bertz CT molecular complexity index is 681. The molecule has 2 rings (SSSR count).